The zero-order chi connectivity index (χ0) is 12.3. The standard InChI is InChI=1S/C16H24O/c1-3-4-8-12(2)16(17)15-11-14(15)13-9-6-5-7-10-13/h5-7,9-10,12,14-17H,3-4,8,11H2,1-2H3. The lowest BCUT2D eigenvalue weighted by atomic mass is 9.93. The fourth-order valence-corrected chi connectivity index (χ4v) is 2.79. The fourth-order valence-electron chi connectivity index (χ4n) is 2.79. The molecule has 1 aromatic rings. The molecule has 0 amide bonds. The van der Waals surface area contributed by atoms with E-state index in [4.69, 9.17) is 0 Å². The molecule has 1 saturated carbocycles. The first-order chi connectivity index (χ1) is 8.24. The summed E-state index contributed by atoms with van der Waals surface area (Å²) in [5, 5.41) is 10.3. The van der Waals surface area contributed by atoms with Gasteiger partial charge in [0, 0.05) is 0 Å². The van der Waals surface area contributed by atoms with Crippen LogP contribution in [0.4, 0.5) is 0 Å². The van der Waals surface area contributed by atoms with E-state index >= 15 is 0 Å². The van der Waals surface area contributed by atoms with Gasteiger partial charge < -0.3 is 5.11 Å². The van der Waals surface area contributed by atoms with Gasteiger partial charge in [0.05, 0.1) is 6.10 Å². The van der Waals surface area contributed by atoms with Crippen molar-refractivity contribution in [2.24, 2.45) is 11.8 Å². The Morgan fingerprint density at radius 1 is 1.29 bits per heavy atom. The summed E-state index contributed by atoms with van der Waals surface area (Å²) < 4.78 is 0. The summed E-state index contributed by atoms with van der Waals surface area (Å²) in [5.74, 6) is 1.56. The van der Waals surface area contributed by atoms with E-state index in [9.17, 15) is 5.11 Å². The second kappa shape index (κ2) is 5.68. The number of unbranched alkanes of at least 4 members (excludes halogenated alkanes) is 1. The van der Waals surface area contributed by atoms with Crippen LogP contribution in [-0.2, 0) is 0 Å². The summed E-state index contributed by atoms with van der Waals surface area (Å²) in [5.41, 5.74) is 1.40. The van der Waals surface area contributed by atoms with Crippen molar-refractivity contribution in [2.75, 3.05) is 0 Å². The third kappa shape index (κ3) is 3.10. The van der Waals surface area contributed by atoms with Gasteiger partial charge in [0.25, 0.3) is 0 Å². The molecule has 0 bridgehead atoms. The average molecular weight is 232 g/mol. The number of hydrogen-bond donors (Lipinski definition) is 1. The molecular formula is C16H24O. The maximum atomic E-state index is 10.3. The van der Waals surface area contributed by atoms with Crippen molar-refractivity contribution in [3.63, 3.8) is 0 Å². The van der Waals surface area contributed by atoms with Crippen molar-refractivity contribution in [1.29, 1.82) is 0 Å². The van der Waals surface area contributed by atoms with Crippen molar-refractivity contribution in [3.8, 4) is 0 Å². The largest absolute Gasteiger partial charge is 0.393 e. The number of hydrogen-bond acceptors (Lipinski definition) is 1. The summed E-state index contributed by atoms with van der Waals surface area (Å²) in [6.07, 6.45) is 4.69. The number of aliphatic hydroxyl groups is 1. The maximum Gasteiger partial charge on any atom is 0.0599 e. The van der Waals surface area contributed by atoms with Gasteiger partial charge in [0.15, 0.2) is 0 Å². The van der Waals surface area contributed by atoms with Gasteiger partial charge in [0.1, 0.15) is 0 Å². The van der Waals surface area contributed by atoms with Crippen molar-refractivity contribution >= 4 is 0 Å². The van der Waals surface area contributed by atoms with Gasteiger partial charge in [-0.2, -0.15) is 0 Å². The predicted octanol–water partition coefficient (Wildman–Crippen LogP) is 3.98. The molecule has 4 atom stereocenters. The lowest BCUT2D eigenvalue weighted by Crippen LogP contribution is -2.20. The lowest BCUT2D eigenvalue weighted by Gasteiger charge is -2.18. The van der Waals surface area contributed by atoms with Crippen LogP contribution in [0.15, 0.2) is 30.3 Å². The summed E-state index contributed by atoms with van der Waals surface area (Å²) in [7, 11) is 0. The second-order valence-electron chi connectivity index (χ2n) is 5.53. The van der Waals surface area contributed by atoms with Gasteiger partial charge in [-0.3, -0.25) is 0 Å². The van der Waals surface area contributed by atoms with Crippen LogP contribution < -0.4 is 0 Å². The van der Waals surface area contributed by atoms with Crippen molar-refractivity contribution in [2.45, 2.75) is 51.6 Å². The predicted molar refractivity (Wildman–Crippen MR) is 72.0 cm³/mol. The molecule has 1 aliphatic rings. The van der Waals surface area contributed by atoms with Crippen molar-refractivity contribution < 1.29 is 5.11 Å². The fraction of sp³-hybridized carbons (Fsp3) is 0.625. The highest BCUT2D eigenvalue weighted by Crippen LogP contribution is 2.51. The molecule has 0 aliphatic heterocycles. The van der Waals surface area contributed by atoms with Gasteiger partial charge in [-0.1, -0.05) is 57.0 Å². The monoisotopic (exact) mass is 232 g/mol. The Labute approximate surface area is 105 Å². The van der Waals surface area contributed by atoms with Crippen LogP contribution in [0.3, 0.4) is 0 Å². The maximum absolute atomic E-state index is 10.3. The first-order valence-electron chi connectivity index (χ1n) is 6.97. The van der Waals surface area contributed by atoms with Gasteiger partial charge in [-0.05, 0) is 36.2 Å². The summed E-state index contributed by atoms with van der Waals surface area (Å²) in [6.45, 7) is 4.41. The van der Waals surface area contributed by atoms with Gasteiger partial charge in [-0.25, -0.2) is 0 Å². The molecule has 0 spiro atoms. The highest BCUT2D eigenvalue weighted by Gasteiger charge is 2.44. The number of aliphatic hydroxyl groups excluding tert-OH is 1. The average Bonchev–Trinajstić information content (AvgIpc) is 3.16. The Bertz CT molecular complexity index is 333. The Hall–Kier alpha value is -0.820. The van der Waals surface area contributed by atoms with Crippen LogP contribution >= 0.6 is 0 Å². The number of benzene rings is 1. The highest BCUT2D eigenvalue weighted by atomic mass is 16.3. The van der Waals surface area contributed by atoms with E-state index in [1.807, 2.05) is 0 Å². The van der Waals surface area contributed by atoms with Crippen LogP contribution in [0, 0.1) is 11.8 Å². The molecule has 2 rings (SSSR count). The van der Waals surface area contributed by atoms with E-state index in [1.165, 1.54) is 24.8 Å². The Balaban J connectivity index is 1.86. The topological polar surface area (TPSA) is 20.2 Å². The third-order valence-electron chi connectivity index (χ3n) is 4.10. The highest BCUT2D eigenvalue weighted by molar-refractivity contribution is 5.26. The van der Waals surface area contributed by atoms with Crippen LogP contribution in [0.25, 0.3) is 0 Å². The minimum absolute atomic E-state index is 0.105. The number of rotatable bonds is 6. The van der Waals surface area contributed by atoms with Crippen LogP contribution in [-0.4, -0.2) is 11.2 Å². The Morgan fingerprint density at radius 3 is 2.65 bits per heavy atom. The van der Waals surface area contributed by atoms with Crippen molar-refractivity contribution in [1.82, 2.24) is 0 Å². The normalized spacial score (nSPS) is 26.5. The lowest BCUT2D eigenvalue weighted by molar-refractivity contribution is 0.0874. The molecule has 94 valence electrons. The van der Waals surface area contributed by atoms with Gasteiger partial charge in [-0.15, -0.1) is 0 Å². The van der Waals surface area contributed by atoms with E-state index in [2.05, 4.69) is 44.2 Å². The molecule has 4 unspecified atom stereocenters. The van der Waals surface area contributed by atoms with Gasteiger partial charge >= 0.3 is 0 Å². The first-order valence-corrected chi connectivity index (χ1v) is 6.97. The minimum atomic E-state index is -0.105. The molecule has 0 aromatic heterocycles. The molecule has 0 saturated heterocycles. The molecule has 17 heavy (non-hydrogen) atoms. The molecule has 1 N–H and O–H groups in total. The minimum Gasteiger partial charge on any atom is -0.393 e. The smallest absolute Gasteiger partial charge is 0.0599 e. The van der Waals surface area contributed by atoms with Gasteiger partial charge in [0.2, 0.25) is 0 Å². The molecule has 0 heterocycles. The zero-order valence-corrected chi connectivity index (χ0v) is 11.0. The second-order valence-corrected chi connectivity index (χ2v) is 5.53. The Morgan fingerprint density at radius 2 is 2.00 bits per heavy atom. The van der Waals surface area contributed by atoms with E-state index in [0.29, 0.717) is 17.8 Å². The van der Waals surface area contributed by atoms with Crippen LogP contribution in [0.5, 0.6) is 0 Å². The molecular weight excluding hydrogens is 208 g/mol. The van der Waals surface area contributed by atoms with Crippen molar-refractivity contribution in [3.05, 3.63) is 35.9 Å². The van der Waals surface area contributed by atoms with E-state index in [1.54, 1.807) is 0 Å². The Kier molecular flexibility index (Phi) is 4.22. The summed E-state index contributed by atoms with van der Waals surface area (Å²) in [6, 6.07) is 10.6. The van der Waals surface area contributed by atoms with E-state index in [-0.39, 0.29) is 6.10 Å². The van der Waals surface area contributed by atoms with Crippen LogP contribution in [0.2, 0.25) is 0 Å². The quantitative estimate of drug-likeness (QED) is 0.786. The first kappa shape index (κ1) is 12.6. The molecule has 1 heteroatoms. The SMILES string of the molecule is CCCCC(C)C(O)C1CC1c1ccccc1. The van der Waals surface area contributed by atoms with Crippen LogP contribution in [0.1, 0.15) is 51.0 Å². The molecule has 1 aromatic carbocycles. The summed E-state index contributed by atoms with van der Waals surface area (Å²) >= 11 is 0. The third-order valence-corrected chi connectivity index (χ3v) is 4.10. The molecule has 1 nitrogen and oxygen atoms in total. The van der Waals surface area contributed by atoms with E-state index in [0.717, 1.165) is 6.42 Å². The van der Waals surface area contributed by atoms with E-state index < -0.39 is 0 Å². The summed E-state index contributed by atoms with van der Waals surface area (Å²) in [4.78, 5) is 0. The molecule has 1 fully saturated rings. The zero-order valence-electron chi connectivity index (χ0n) is 11.0. The molecule has 1 aliphatic carbocycles. The molecule has 0 radical (unpaired) electrons.